The van der Waals surface area contributed by atoms with E-state index in [4.69, 9.17) is 5.11 Å². The molecule has 1 saturated heterocycles. The van der Waals surface area contributed by atoms with Gasteiger partial charge in [-0.1, -0.05) is 30.3 Å². The minimum atomic E-state index is -0.791. The van der Waals surface area contributed by atoms with Crippen LogP contribution in [-0.2, 0) is 24.1 Å². The molecular weight excluding hydrogens is 366 g/mol. The number of hydrogen-bond acceptors (Lipinski definition) is 3. The third-order valence-electron chi connectivity index (χ3n) is 5.96. The summed E-state index contributed by atoms with van der Waals surface area (Å²) in [6, 6.07) is 14.2. The molecule has 2 amide bonds. The number of fused-ring (bicyclic) bond motifs is 1. The molecule has 0 bridgehead atoms. The normalized spacial score (nSPS) is 19.6. The minimum Gasteiger partial charge on any atom is -0.481 e. The number of carboxylic acid groups (broad SMARTS) is 1. The number of amides is 2. The van der Waals surface area contributed by atoms with Crippen LogP contribution in [0.5, 0.6) is 0 Å². The third-order valence-corrected chi connectivity index (χ3v) is 5.96. The van der Waals surface area contributed by atoms with E-state index >= 15 is 0 Å². The smallest absolute Gasteiger partial charge is 0.322 e. The van der Waals surface area contributed by atoms with Crippen molar-refractivity contribution in [1.82, 2.24) is 10.2 Å². The second-order valence-corrected chi connectivity index (χ2v) is 7.96. The van der Waals surface area contributed by atoms with Gasteiger partial charge in [-0.3, -0.25) is 9.69 Å². The first-order valence-electron chi connectivity index (χ1n) is 10.2. The Morgan fingerprint density at radius 3 is 2.55 bits per heavy atom. The van der Waals surface area contributed by atoms with Crippen LogP contribution in [0.25, 0.3) is 0 Å². The molecule has 29 heavy (non-hydrogen) atoms. The van der Waals surface area contributed by atoms with Gasteiger partial charge in [0, 0.05) is 31.7 Å². The van der Waals surface area contributed by atoms with E-state index < -0.39 is 5.97 Å². The molecule has 0 aliphatic carbocycles. The Morgan fingerprint density at radius 1 is 1.10 bits per heavy atom. The van der Waals surface area contributed by atoms with Gasteiger partial charge in [-0.05, 0) is 60.7 Å². The zero-order chi connectivity index (χ0) is 20.4. The molecule has 2 aliphatic rings. The number of nitrogens with one attached hydrogen (secondary N) is 1. The standard InChI is InChI=1S/C23H27N3O3/c1-25-12-10-17-7-8-20(14-19(17)11-13-25)26-21(15-24-23(26)29)18-5-2-16(3-6-18)4-9-22(27)28/h2-3,5-8,14,21H,4,9-13,15H2,1H3,(H,24,29)(H,27,28). The molecule has 2 aromatic carbocycles. The lowest BCUT2D eigenvalue weighted by molar-refractivity contribution is -0.136. The predicted octanol–water partition coefficient (Wildman–Crippen LogP) is 3.01. The van der Waals surface area contributed by atoms with E-state index in [9.17, 15) is 9.59 Å². The minimum absolute atomic E-state index is 0.0671. The van der Waals surface area contributed by atoms with Crippen molar-refractivity contribution in [2.24, 2.45) is 0 Å². The fraction of sp³-hybridized carbons (Fsp3) is 0.391. The van der Waals surface area contributed by atoms with Crippen molar-refractivity contribution in [2.75, 3.05) is 31.6 Å². The summed E-state index contributed by atoms with van der Waals surface area (Å²) in [5.74, 6) is -0.791. The Bertz CT molecular complexity index is 910. The zero-order valence-corrected chi connectivity index (χ0v) is 16.7. The summed E-state index contributed by atoms with van der Waals surface area (Å²) in [6.45, 7) is 2.66. The van der Waals surface area contributed by atoms with Crippen LogP contribution in [0.3, 0.4) is 0 Å². The summed E-state index contributed by atoms with van der Waals surface area (Å²) < 4.78 is 0. The summed E-state index contributed by atoms with van der Waals surface area (Å²) in [6.07, 6.45) is 2.68. The van der Waals surface area contributed by atoms with Crippen molar-refractivity contribution in [3.8, 4) is 0 Å². The Morgan fingerprint density at radius 2 is 1.83 bits per heavy atom. The van der Waals surface area contributed by atoms with Gasteiger partial charge in [0.05, 0.1) is 6.04 Å². The molecule has 2 aromatic rings. The van der Waals surface area contributed by atoms with Gasteiger partial charge >= 0.3 is 12.0 Å². The van der Waals surface area contributed by atoms with E-state index in [1.54, 1.807) is 0 Å². The van der Waals surface area contributed by atoms with Gasteiger partial charge in [0.1, 0.15) is 0 Å². The molecule has 4 rings (SSSR count). The Kier molecular flexibility index (Phi) is 5.53. The van der Waals surface area contributed by atoms with E-state index in [1.807, 2.05) is 29.2 Å². The molecule has 6 nitrogen and oxygen atoms in total. The highest BCUT2D eigenvalue weighted by molar-refractivity contribution is 5.95. The Balaban J connectivity index is 1.57. The highest BCUT2D eigenvalue weighted by Crippen LogP contribution is 2.32. The van der Waals surface area contributed by atoms with Crippen molar-refractivity contribution in [1.29, 1.82) is 0 Å². The number of anilines is 1. The maximum atomic E-state index is 12.6. The first-order valence-corrected chi connectivity index (χ1v) is 10.2. The van der Waals surface area contributed by atoms with Gasteiger partial charge in [0.25, 0.3) is 0 Å². The first-order chi connectivity index (χ1) is 14.0. The van der Waals surface area contributed by atoms with Gasteiger partial charge in [0.15, 0.2) is 0 Å². The number of rotatable bonds is 5. The largest absolute Gasteiger partial charge is 0.481 e. The summed E-state index contributed by atoms with van der Waals surface area (Å²) in [5, 5.41) is 11.8. The number of nitrogens with zero attached hydrogens (tertiary/aromatic N) is 2. The van der Waals surface area contributed by atoms with Crippen LogP contribution < -0.4 is 10.2 Å². The summed E-state index contributed by atoms with van der Waals surface area (Å²) in [7, 11) is 2.15. The maximum Gasteiger partial charge on any atom is 0.322 e. The Hall–Kier alpha value is -2.86. The van der Waals surface area contributed by atoms with E-state index in [2.05, 4.69) is 35.5 Å². The lowest BCUT2D eigenvalue weighted by Crippen LogP contribution is -2.29. The molecule has 2 heterocycles. The fourth-order valence-electron chi connectivity index (χ4n) is 4.20. The molecule has 0 aromatic heterocycles. The van der Waals surface area contributed by atoms with Gasteiger partial charge in [0.2, 0.25) is 0 Å². The molecule has 2 aliphatic heterocycles. The van der Waals surface area contributed by atoms with Crippen LogP contribution >= 0.6 is 0 Å². The maximum absolute atomic E-state index is 12.6. The number of aryl methyl sites for hydroxylation is 1. The molecule has 6 heteroatoms. The number of hydrogen-bond donors (Lipinski definition) is 2. The van der Waals surface area contributed by atoms with Crippen LogP contribution in [0.15, 0.2) is 42.5 Å². The quantitative estimate of drug-likeness (QED) is 0.819. The number of benzene rings is 2. The first kappa shape index (κ1) is 19.5. The van der Waals surface area contributed by atoms with Crippen LogP contribution in [-0.4, -0.2) is 48.7 Å². The number of aliphatic carboxylic acids is 1. The molecule has 1 fully saturated rings. The predicted molar refractivity (Wildman–Crippen MR) is 112 cm³/mol. The molecule has 1 unspecified atom stereocenters. The fourth-order valence-corrected chi connectivity index (χ4v) is 4.20. The molecule has 0 saturated carbocycles. The monoisotopic (exact) mass is 393 g/mol. The highest BCUT2D eigenvalue weighted by atomic mass is 16.4. The number of carboxylic acids is 1. The van der Waals surface area contributed by atoms with Crippen molar-refractivity contribution < 1.29 is 14.7 Å². The second kappa shape index (κ2) is 8.25. The van der Waals surface area contributed by atoms with Crippen LogP contribution in [0, 0.1) is 0 Å². The molecule has 1 atom stereocenters. The molecule has 152 valence electrons. The summed E-state index contributed by atoms with van der Waals surface area (Å²) in [4.78, 5) is 27.6. The average molecular weight is 393 g/mol. The van der Waals surface area contributed by atoms with Gasteiger partial charge < -0.3 is 15.3 Å². The molecular formula is C23H27N3O3. The van der Waals surface area contributed by atoms with E-state index in [-0.39, 0.29) is 18.5 Å². The molecule has 0 spiro atoms. The van der Waals surface area contributed by atoms with Crippen molar-refractivity contribution >= 4 is 17.7 Å². The Labute approximate surface area is 171 Å². The van der Waals surface area contributed by atoms with Gasteiger partial charge in [-0.15, -0.1) is 0 Å². The van der Waals surface area contributed by atoms with E-state index in [1.165, 1.54) is 11.1 Å². The summed E-state index contributed by atoms with van der Waals surface area (Å²) >= 11 is 0. The van der Waals surface area contributed by atoms with Crippen molar-refractivity contribution in [3.63, 3.8) is 0 Å². The van der Waals surface area contributed by atoms with Crippen LogP contribution in [0.1, 0.15) is 34.7 Å². The van der Waals surface area contributed by atoms with Crippen LogP contribution in [0.4, 0.5) is 10.5 Å². The number of carbonyl (C=O) groups is 2. The van der Waals surface area contributed by atoms with Gasteiger partial charge in [-0.2, -0.15) is 0 Å². The van der Waals surface area contributed by atoms with Crippen molar-refractivity contribution in [3.05, 3.63) is 64.7 Å². The molecule has 0 radical (unpaired) electrons. The third kappa shape index (κ3) is 4.27. The summed E-state index contributed by atoms with van der Waals surface area (Å²) in [5.41, 5.74) is 5.68. The number of likely N-dealkylation sites (N-methyl/N-ethyl adjacent to an activating group) is 1. The van der Waals surface area contributed by atoms with E-state index in [0.29, 0.717) is 13.0 Å². The van der Waals surface area contributed by atoms with Crippen molar-refractivity contribution in [2.45, 2.75) is 31.7 Å². The average Bonchev–Trinajstić information content (AvgIpc) is 3.00. The highest BCUT2D eigenvalue weighted by Gasteiger charge is 2.33. The number of carbonyl (C=O) groups excluding carboxylic acids is 1. The zero-order valence-electron chi connectivity index (χ0n) is 16.7. The topological polar surface area (TPSA) is 72.9 Å². The molecule has 2 N–H and O–H groups in total. The van der Waals surface area contributed by atoms with Gasteiger partial charge in [-0.25, -0.2) is 4.79 Å². The lowest BCUT2D eigenvalue weighted by atomic mass is 9.99. The SMILES string of the molecule is CN1CCc2ccc(N3C(=O)NCC3c3ccc(CCC(=O)O)cc3)cc2CC1. The van der Waals surface area contributed by atoms with Crippen LogP contribution in [0.2, 0.25) is 0 Å². The number of urea groups is 1. The lowest BCUT2D eigenvalue weighted by Gasteiger charge is -2.25. The second-order valence-electron chi connectivity index (χ2n) is 7.96. The van der Waals surface area contributed by atoms with E-state index in [0.717, 1.165) is 42.7 Å².